The van der Waals surface area contributed by atoms with Gasteiger partial charge in [0.05, 0.1) is 0 Å². The summed E-state index contributed by atoms with van der Waals surface area (Å²) < 4.78 is 320. The Bertz CT molecular complexity index is 838. The van der Waals surface area contributed by atoms with E-state index in [1.54, 1.807) is 0 Å². The Labute approximate surface area is 213 Å². The SMILES string of the molecule is FC(F)C(F)(F)C(F)(F)C(F)(F)C(F)(F)C(F)(F)C(F)(F)C(F)(F)C(F)(F)C(F)(F)C(F)(F)C(F)(F)F.[H-].[Na+]. The van der Waals surface area contributed by atoms with Gasteiger partial charge in [-0.15, -0.1) is 0 Å². The van der Waals surface area contributed by atoms with E-state index < -0.39 is 71.8 Å². The standard InChI is InChI=1S/C12HF25.Na.H/c13-1(14)2(15,16)3(17,18)4(19,20)5(21,22)6(23,24)7(25,26)8(27,28)9(29,30)10(31,32)11(33,34)12(35,36)37;;/h1H;;/q;+1;-1. The maximum Gasteiger partial charge on any atom is 1.00 e. The first-order valence-corrected chi connectivity index (χ1v) is 7.57. The summed E-state index contributed by atoms with van der Waals surface area (Å²) in [5.74, 6) is -90.7. The Morgan fingerprint density at radius 1 is 0.289 bits per heavy atom. The van der Waals surface area contributed by atoms with Crippen molar-refractivity contribution < 1.29 is 141 Å². The van der Waals surface area contributed by atoms with Gasteiger partial charge in [-0.25, -0.2) is 8.78 Å². The molecule has 0 aromatic rings. The molecule has 0 heterocycles. The molecule has 0 aliphatic heterocycles. The zero-order valence-electron chi connectivity index (χ0n) is 17.5. The fourth-order valence-corrected chi connectivity index (χ4v) is 1.90. The van der Waals surface area contributed by atoms with Crippen molar-refractivity contribution in [3.05, 3.63) is 0 Å². The minimum absolute atomic E-state index is 0. The van der Waals surface area contributed by atoms with Crippen LogP contribution in [-0.2, 0) is 0 Å². The van der Waals surface area contributed by atoms with Gasteiger partial charge in [0, 0.05) is 0 Å². The second-order valence-electron chi connectivity index (χ2n) is 6.59. The Balaban J connectivity index is -0.00000648. The fraction of sp³-hybridized carbons (Fsp3) is 1.00. The largest absolute Gasteiger partial charge is 1.00 e. The van der Waals surface area contributed by atoms with Crippen molar-refractivity contribution in [2.75, 3.05) is 0 Å². The van der Waals surface area contributed by atoms with Crippen LogP contribution in [0.3, 0.4) is 0 Å². The summed E-state index contributed by atoms with van der Waals surface area (Å²) in [6.45, 7) is 0. The monoisotopic (exact) mass is 644 g/mol. The normalized spacial score (nSPS) is 16.6. The molecule has 38 heavy (non-hydrogen) atoms. The van der Waals surface area contributed by atoms with E-state index in [0.29, 0.717) is 0 Å². The molecule has 0 unspecified atom stereocenters. The summed E-state index contributed by atoms with van der Waals surface area (Å²) in [4.78, 5) is 0. The molecule has 0 rings (SSSR count). The summed E-state index contributed by atoms with van der Waals surface area (Å²) in [5, 5.41) is 0. The second-order valence-corrected chi connectivity index (χ2v) is 6.59. The first-order chi connectivity index (χ1) is 15.4. The van der Waals surface area contributed by atoms with E-state index in [2.05, 4.69) is 0 Å². The van der Waals surface area contributed by atoms with Gasteiger partial charge in [0.15, 0.2) is 0 Å². The summed E-state index contributed by atoms with van der Waals surface area (Å²) in [5.41, 5.74) is 0. The minimum atomic E-state index is -9.54. The smallest absolute Gasteiger partial charge is 1.00 e. The van der Waals surface area contributed by atoms with E-state index in [-0.39, 0.29) is 31.0 Å². The van der Waals surface area contributed by atoms with Crippen molar-refractivity contribution in [3.63, 3.8) is 0 Å². The molecule has 26 heteroatoms. The fourth-order valence-electron chi connectivity index (χ4n) is 1.90. The molecule has 0 N–H and O–H groups in total. The van der Waals surface area contributed by atoms with Crippen molar-refractivity contribution in [1.82, 2.24) is 0 Å². The van der Waals surface area contributed by atoms with Crippen LogP contribution in [0.5, 0.6) is 0 Å². The summed E-state index contributed by atoms with van der Waals surface area (Å²) in [7, 11) is 0. The third-order valence-corrected chi connectivity index (χ3v) is 4.20. The minimum Gasteiger partial charge on any atom is -1.00 e. The maximum absolute atomic E-state index is 13.3. The number of alkyl halides is 25. The molecule has 0 amide bonds. The number of rotatable bonds is 10. The molecule has 0 bridgehead atoms. The number of hydrogen-bond donors (Lipinski definition) is 0. The second kappa shape index (κ2) is 9.67. The van der Waals surface area contributed by atoms with Gasteiger partial charge in [0.2, 0.25) is 0 Å². The van der Waals surface area contributed by atoms with E-state index in [4.69, 9.17) is 0 Å². The Kier molecular flexibility index (Phi) is 10.0. The van der Waals surface area contributed by atoms with E-state index in [0.717, 1.165) is 0 Å². The van der Waals surface area contributed by atoms with Crippen LogP contribution in [0.4, 0.5) is 110 Å². The Hall–Kier alpha value is -0.750. The van der Waals surface area contributed by atoms with Crippen molar-refractivity contribution in [2.24, 2.45) is 0 Å². The van der Waals surface area contributed by atoms with Crippen molar-refractivity contribution in [2.45, 2.75) is 71.8 Å². The van der Waals surface area contributed by atoms with Crippen LogP contribution >= 0.6 is 0 Å². The van der Waals surface area contributed by atoms with Gasteiger partial charge < -0.3 is 1.43 Å². The molecule has 0 saturated heterocycles. The molecular weight excluding hydrogens is 642 g/mol. The number of halogens is 25. The van der Waals surface area contributed by atoms with Gasteiger partial charge in [-0.05, 0) is 0 Å². The van der Waals surface area contributed by atoms with E-state index in [9.17, 15) is 110 Å². The molecule has 0 nitrogen and oxygen atoms in total. The zero-order chi connectivity index (χ0) is 31.1. The molecular formula is C12H2F25Na. The summed E-state index contributed by atoms with van der Waals surface area (Å²) in [6, 6.07) is 0. The Morgan fingerprint density at radius 3 is 0.605 bits per heavy atom. The quantitative estimate of drug-likeness (QED) is 0.225. The van der Waals surface area contributed by atoms with E-state index >= 15 is 0 Å². The maximum atomic E-state index is 13.3. The van der Waals surface area contributed by atoms with Crippen LogP contribution in [0.2, 0.25) is 0 Å². The summed E-state index contributed by atoms with van der Waals surface area (Å²) in [6.07, 6.45) is -14.4. The third kappa shape index (κ3) is 4.56. The summed E-state index contributed by atoms with van der Waals surface area (Å²) >= 11 is 0. The molecule has 0 aromatic heterocycles. The van der Waals surface area contributed by atoms with Gasteiger partial charge in [-0.3, -0.25) is 0 Å². The predicted molar refractivity (Wildman–Crippen MR) is 62.6 cm³/mol. The average Bonchev–Trinajstić information content (AvgIpc) is 2.65. The molecule has 0 radical (unpaired) electrons. The van der Waals surface area contributed by atoms with Crippen LogP contribution in [-0.4, -0.2) is 71.8 Å². The van der Waals surface area contributed by atoms with Crippen LogP contribution in [0.15, 0.2) is 0 Å². The molecule has 0 aliphatic carbocycles. The van der Waals surface area contributed by atoms with Crippen LogP contribution in [0, 0.1) is 0 Å². The zero-order valence-corrected chi connectivity index (χ0v) is 18.5. The molecule has 0 saturated carbocycles. The molecule has 226 valence electrons. The molecule has 0 aromatic carbocycles. The van der Waals surface area contributed by atoms with Gasteiger partial charge in [0.25, 0.3) is 0 Å². The van der Waals surface area contributed by atoms with Gasteiger partial charge in [0.1, 0.15) is 0 Å². The van der Waals surface area contributed by atoms with Gasteiger partial charge in [-0.1, -0.05) is 0 Å². The first kappa shape index (κ1) is 39.4. The third-order valence-electron chi connectivity index (χ3n) is 4.20. The van der Waals surface area contributed by atoms with Crippen LogP contribution in [0.25, 0.3) is 0 Å². The van der Waals surface area contributed by atoms with Crippen LogP contribution < -0.4 is 29.6 Å². The molecule has 0 fully saturated rings. The van der Waals surface area contributed by atoms with Gasteiger partial charge >= 0.3 is 101 Å². The van der Waals surface area contributed by atoms with Crippen LogP contribution in [0.1, 0.15) is 1.43 Å². The predicted octanol–water partition coefficient (Wildman–Crippen LogP) is 5.28. The molecule has 0 aliphatic rings. The topological polar surface area (TPSA) is 0 Å². The molecule has 0 atom stereocenters. The van der Waals surface area contributed by atoms with Crippen molar-refractivity contribution in [1.29, 1.82) is 0 Å². The molecule has 0 spiro atoms. The average molecular weight is 644 g/mol. The van der Waals surface area contributed by atoms with Gasteiger partial charge in [-0.2, -0.15) is 101 Å². The Morgan fingerprint density at radius 2 is 0.447 bits per heavy atom. The van der Waals surface area contributed by atoms with Crippen molar-refractivity contribution >= 4 is 0 Å². The van der Waals surface area contributed by atoms with Crippen molar-refractivity contribution in [3.8, 4) is 0 Å². The first-order valence-electron chi connectivity index (χ1n) is 7.57. The van der Waals surface area contributed by atoms with E-state index in [1.807, 2.05) is 0 Å². The number of hydrogen-bond acceptors (Lipinski definition) is 0. The van der Waals surface area contributed by atoms with E-state index in [1.165, 1.54) is 0 Å².